The zero-order valence-electron chi connectivity index (χ0n) is 22.3. The predicted octanol–water partition coefficient (Wildman–Crippen LogP) is 9.84. The molecular formula is C34H40F2O. The maximum atomic E-state index is 14.7. The van der Waals surface area contributed by atoms with Crippen LogP contribution in [-0.2, 0) is 12.8 Å². The minimum absolute atomic E-state index is 0.0235. The van der Waals surface area contributed by atoms with Gasteiger partial charge in [0.15, 0.2) is 11.6 Å². The lowest BCUT2D eigenvalue weighted by atomic mass is 9.78. The monoisotopic (exact) mass is 502 g/mol. The first-order chi connectivity index (χ1) is 18.1. The average Bonchev–Trinajstić information content (AvgIpc) is 2.93. The van der Waals surface area contributed by atoms with E-state index in [4.69, 9.17) is 4.74 Å². The number of hydrogen-bond donors (Lipinski definition) is 0. The normalized spacial score (nSPS) is 17.8. The summed E-state index contributed by atoms with van der Waals surface area (Å²) in [5.41, 5.74) is 5.78. The van der Waals surface area contributed by atoms with Crippen LogP contribution in [0.3, 0.4) is 0 Å². The molecule has 0 amide bonds. The summed E-state index contributed by atoms with van der Waals surface area (Å²) in [5, 5.41) is 0. The van der Waals surface area contributed by atoms with E-state index in [2.05, 4.69) is 67.6 Å². The Balaban J connectivity index is 1.22. The molecule has 1 nitrogen and oxygen atoms in total. The summed E-state index contributed by atoms with van der Waals surface area (Å²) in [6.07, 6.45) is 13.6. The maximum absolute atomic E-state index is 14.7. The van der Waals surface area contributed by atoms with Gasteiger partial charge >= 0.3 is 0 Å². The van der Waals surface area contributed by atoms with Crippen molar-refractivity contribution in [3.8, 4) is 16.9 Å². The van der Waals surface area contributed by atoms with Crippen LogP contribution < -0.4 is 4.74 Å². The van der Waals surface area contributed by atoms with Crippen molar-refractivity contribution >= 4 is 0 Å². The molecule has 0 spiro atoms. The molecule has 0 bridgehead atoms. The molecule has 196 valence electrons. The smallest absolute Gasteiger partial charge is 0.200 e. The van der Waals surface area contributed by atoms with E-state index in [0.29, 0.717) is 18.1 Å². The van der Waals surface area contributed by atoms with Crippen LogP contribution in [0, 0.1) is 17.6 Å². The molecule has 0 atom stereocenters. The van der Waals surface area contributed by atoms with Crippen LogP contribution in [0.4, 0.5) is 8.78 Å². The highest BCUT2D eigenvalue weighted by Gasteiger charge is 2.25. The third-order valence-corrected chi connectivity index (χ3v) is 7.54. The molecule has 0 heterocycles. The van der Waals surface area contributed by atoms with Crippen molar-refractivity contribution in [2.75, 3.05) is 6.61 Å². The van der Waals surface area contributed by atoms with Gasteiger partial charge in [-0.3, -0.25) is 0 Å². The van der Waals surface area contributed by atoms with Gasteiger partial charge in [0, 0.05) is 0 Å². The number of ether oxygens (including phenoxy) is 1. The molecule has 3 heteroatoms. The molecule has 0 N–H and O–H groups in total. The average molecular weight is 503 g/mol. The first-order valence-electron chi connectivity index (χ1n) is 14.0. The van der Waals surface area contributed by atoms with Gasteiger partial charge in [-0.2, -0.15) is 4.39 Å². The summed E-state index contributed by atoms with van der Waals surface area (Å²) in [4.78, 5) is 0. The Morgan fingerprint density at radius 3 is 1.95 bits per heavy atom. The quantitative estimate of drug-likeness (QED) is 0.237. The lowest BCUT2D eigenvalue weighted by Gasteiger charge is -2.27. The number of allylic oxidation sites excluding steroid dienone is 2. The number of benzene rings is 3. The van der Waals surface area contributed by atoms with Gasteiger partial charge in [0.2, 0.25) is 5.82 Å². The first kappa shape index (κ1) is 27.1. The Bertz CT molecular complexity index is 1140. The molecule has 1 fully saturated rings. The summed E-state index contributed by atoms with van der Waals surface area (Å²) in [6, 6.07) is 21.1. The fourth-order valence-corrected chi connectivity index (χ4v) is 5.36. The Morgan fingerprint density at radius 2 is 1.35 bits per heavy atom. The first-order valence-corrected chi connectivity index (χ1v) is 14.0. The Labute approximate surface area is 221 Å². The van der Waals surface area contributed by atoms with Gasteiger partial charge < -0.3 is 4.74 Å². The molecule has 4 rings (SSSR count). The summed E-state index contributed by atoms with van der Waals surface area (Å²) >= 11 is 0. The Morgan fingerprint density at radius 1 is 0.730 bits per heavy atom. The molecule has 37 heavy (non-hydrogen) atoms. The number of aryl methyl sites for hydroxylation is 2. The van der Waals surface area contributed by atoms with Gasteiger partial charge in [0.05, 0.1) is 6.61 Å². The van der Waals surface area contributed by atoms with E-state index >= 15 is 0 Å². The molecule has 3 aromatic carbocycles. The zero-order valence-corrected chi connectivity index (χ0v) is 22.3. The number of rotatable bonds is 11. The second-order valence-corrected chi connectivity index (χ2v) is 10.4. The van der Waals surface area contributed by atoms with Gasteiger partial charge in [0.1, 0.15) is 0 Å². The van der Waals surface area contributed by atoms with Gasteiger partial charge in [-0.1, -0.05) is 87.0 Å². The van der Waals surface area contributed by atoms with Crippen LogP contribution in [-0.4, -0.2) is 6.61 Å². The van der Waals surface area contributed by atoms with E-state index in [9.17, 15) is 8.78 Å². The predicted molar refractivity (Wildman–Crippen MR) is 150 cm³/mol. The highest BCUT2D eigenvalue weighted by Crippen LogP contribution is 2.39. The molecule has 3 aromatic rings. The van der Waals surface area contributed by atoms with Gasteiger partial charge in [-0.05, 0) is 97.1 Å². The van der Waals surface area contributed by atoms with Crippen LogP contribution in [0.15, 0.2) is 72.8 Å². The highest BCUT2D eigenvalue weighted by molar-refractivity contribution is 5.64. The van der Waals surface area contributed by atoms with E-state index in [1.54, 1.807) is 12.1 Å². The molecule has 0 saturated heterocycles. The van der Waals surface area contributed by atoms with Gasteiger partial charge in [-0.15, -0.1) is 0 Å². The van der Waals surface area contributed by atoms with Crippen LogP contribution in [0.2, 0.25) is 0 Å². The number of halogens is 2. The topological polar surface area (TPSA) is 9.23 Å². The summed E-state index contributed by atoms with van der Waals surface area (Å²) in [7, 11) is 0. The highest BCUT2D eigenvalue weighted by atomic mass is 19.2. The summed E-state index contributed by atoms with van der Waals surface area (Å²) in [6.45, 7) is 4.55. The number of hydrogen-bond acceptors (Lipinski definition) is 1. The van der Waals surface area contributed by atoms with Crippen LogP contribution >= 0.6 is 0 Å². The van der Waals surface area contributed by atoms with Crippen LogP contribution in [0.1, 0.15) is 81.4 Å². The van der Waals surface area contributed by atoms with Crippen molar-refractivity contribution in [1.29, 1.82) is 0 Å². The molecule has 0 aromatic heterocycles. The Kier molecular flexibility index (Phi) is 9.93. The van der Waals surface area contributed by atoms with Crippen molar-refractivity contribution in [2.24, 2.45) is 5.92 Å². The van der Waals surface area contributed by atoms with E-state index < -0.39 is 11.6 Å². The molecule has 1 aliphatic carbocycles. The molecule has 0 aliphatic heterocycles. The minimum Gasteiger partial charge on any atom is -0.490 e. The molecule has 0 radical (unpaired) electrons. The van der Waals surface area contributed by atoms with E-state index in [1.165, 1.54) is 28.7 Å². The van der Waals surface area contributed by atoms with E-state index in [-0.39, 0.29) is 11.7 Å². The summed E-state index contributed by atoms with van der Waals surface area (Å²) in [5.74, 6) is -0.941. The maximum Gasteiger partial charge on any atom is 0.200 e. The SMILES string of the molecule is CCCOc1ccc(C2CCC(/C=C/CCc3ccc(-c4ccc(CCC)cc4)cc3)CC2)c(F)c1F. The zero-order chi connectivity index (χ0) is 26.0. The van der Waals surface area contributed by atoms with E-state index in [1.807, 2.05) is 6.92 Å². The lowest BCUT2D eigenvalue weighted by molar-refractivity contribution is 0.292. The fourth-order valence-electron chi connectivity index (χ4n) is 5.36. The van der Waals surface area contributed by atoms with E-state index in [0.717, 1.165) is 51.4 Å². The molecule has 1 saturated carbocycles. The van der Waals surface area contributed by atoms with Crippen molar-refractivity contribution in [1.82, 2.24) is 0 Å². The third-order valence-electron chi connectivity index (χ3n) is 7.54. The van der Waals surface area contributed by atoms with Crippen molar-refractivity contribution in [3.05, 3.63) is 101 Å². The van der Waals surface area contributed by atoms with Crippen LogP contribution in [0.25, 0.3) is 11.1 Å². The third kappa shape index (κ3) is 7.31. The van der Waals surface area contributed by atoms with Gasteiger partial charge in [-0.25, -0.2) is 4.39 Å². The fraction of sp³-hybridized carbons (Fsp3) is 0.412. The lowest BCUT2D eigenvalue weighted by Crippen LogP contribution is -2.14. The molecule has 0 unspecified atom stereocenters. The minimum atomic E-state index is -0.842. The van der Waals surface area contributed by atoms with Gasteiger partial charge in [0.25, 0.3) is 0 Å². The molecular weight excluding hydrogens is 462 g/mol. The molecule has 1 aliphatic rings. The Hall–Kier alpha value is -2.94. The standard InChI is InChI=1S/C34H40F2O/c1-3-7-25-10-16-28(17-11-25)29-18-12-26(13-19-29)8-5-6-9-27-14-20-30(21-15-27)31-22-23-32(37-24-4-2)34(36)33(31)35/h6,9-13,16-19,22-23,27,30H,3-5,7-8,14-15,20-21,24H2,1-2H3/b9-6+. The van der Waals surface area contributed by atoms with Crippen molar-refractivity contribution in [2.45, 2.75) is 77.6 Å². The summed E-state index contributed by atoms with van der Waals surface area (Å²) < 4.78 is 34.4. The second-order valence-electron chi connectivity index (χ2n) is 10.4. The van der Waals surface area contributed by atoms with Crippen molar-refractivity contribution < 1.29 is 13.5 Å². The largest absolute Gasteiger partial charge is 0.490 e. The van der Waals surface area contributed by atoms with Crippen molar-refractivity contribution in [3.63, 3.8) is 0 Å². The second kappa shape index (κ2) is 13.6. The van der Waals surface area contributed by atoms with Crippen LogP contribution in [0.5, 0.6) is 5.75 Å².